The van der Waals surface area contributed by atoms with Gasteiger partial charge in [-0.1, -0.05) is 18.2 Å². The molecule has 1 heterocycles. The van der Waals surface area contributed by atoms with Crippen molar-refractivity contribution in [3.8, 4) is 0 Å². The Kier molecular flexibility index (Phi) is 3.27. The zero-order valence-electron chi connectivity index (χ0n) is 9.56. The third kappa shape index (κ3) is 1.96. The summed E-state index contributed by atoms with van der Waals surface area (Å²) in [5.74, 6) is 0. The number of aliphatic hydroxyl groups is 1. The fourth-order valence-electron chi connectivity index (χ4n) is 2.09. The first kappa shape index (κ1) is 11.2. The van der Waals surface area contributed by atoms with Crippen LogP contribution in [-0.4, -0.2) is 22.3 Å². The van der Waals surface area contributed by atoms with Crippen molar-refractivity contribution in [2.45, 2.75) is 25.9 Å². The van der Waals surface area contributed by atoms with Crippen LogP contribution in [0.15, 0.2) is 30.5 Å². The minimum Gasteiger partial charge on any atom is -0.395 e. The minimum absolute atomic E-state index is 0.0334. The lowest BCUT2D eigenvalue weighted by atomic mass is 10.1. The van der Waals surface area contributed by atoms with Crippen molar-refractivity contribution in [1.82, 2.24) is 4.57 Å². The Morgan fingerprint density at radius 3 is 2.81 bits per heavy atom. The highest BCUT2D eigenvalue weighted by Crippen LogP contribution is 2.22. The second kappa shape index (κ2) is 4.68. The first-order valence-electron chi connectivity index (χ1n) is 5.69. The number of para-hydroxylation sites is 1. The molecule has 0 spiro atoms. The molecule has 0 radical (unpaired) electrons. The van der Waals surface area contributed by atoms with Crippen LogP contribution in [0.5, 0.6) is 0 Å². The van der Waals surface area contributed by atoms with E-state index in [0.717, 1.165) is 13.0 Å². The zero-order valence-corrected chi connectivity index (χ0v) is 9.56. The quantitative estimate of drug-likeness (QED) is 0.817. The molecule has 3 heteroatoms. The van der Waals surface area contributed by atoms with Gasteiger partial charge in [-0.05, 0) is 25.0 Å². The van der Waals surface area contributed by atoms with Crippen LogP contribution in [-0.2, 0) is 13.0 Å². The molecular weight excluding hydrogens is 200 g/mol. The summed E-state index contributed by atoms with van der Waals surface area (Å²) in [4.78, 5) is 0. The molecule has 0 aliphatic carbocycles. The van der Waals surface area contributed by atoms with Crippen molar-refractivity contribution >= 4 is 10.9 Å². The summed E-state index contributed by atoms with van der Waals surface area (Å²) < 4.78 is 2.22. The van der Waals surface area contributed by atoms with E-state index in [4.69, 9.17) is 10.8 Å². The highest BCUT2D eigenvalue weighted by molar-refractivity contribution is 5.84. The maximum Gasteiger partial charge on any atom is 0.0585 e. The molecule has 3 N–H and O–H groups in total. The molecule has 2 aromatic rings. The van der Waals surface area contributed by atoms with E-state index in [2.05, 4.69) is 29.8 Å². The van der Waals surface area contributed by atoms with E-state index in [0.29, 0.717) is 0 Å². The summed E-state index contributed by atoms with van der Waals surface area (Å²) >= 11 is 0. The highest BCUT2D eigenvalue weighted by Gasteiger charge is 2.10. The first-order valence-corrected chi connectivity index (χ1v) is 5.69. The standard InChI is InChI=1S/C13H18N2O/c1-2-15-8-10(7-11(14)9-16)12-5-3-4-6-13(12)15/h3-6,8,11,16H,2,7,9,14H2,1H3/t11-/m0/s1. The van der Waals surface area contributed by atoms with Gasteiger partial charge in [0.25, 0.3) is 0 Å². The molecule has 86 valence electrons. The van der Waals surface area contributed by atoms with Gasteiger partial charge in [0.2, 0.25) is 0 Å². The van der Waals surface area contributed by atoms with Crippen molar-refractivity contribution in [3.05, 3.63) is 36.0 Å². The number of aryl methyl sites for hydroxylation is 1. The molecule has 1 aromatic heterocycles. The van der Waals surface area contributed by atoms with Crippen molar-refractivity contribution in [3.63, 3.8) is 0 Å². The van der Waals surface area contributed by atoms with Gasteiger partial charge < -0.3 is 15.4 Å². The molecule has 0 bridgehead atoms. The van der Waals surface area contributed by atoms with Gasteiger partial charge >= 0.3 is 0 Å². The molecular formula is C13H18N2O. The molecule has 3 nitrogen and oxygen atoms in total. The van der Waals surface area contributed by atoms with Crippen LogP contribution in [0.4, 0.5) is 0 Å². The number of hydrogen-bond acceptors (Lipinski definition) is 2. The van der Waals surface area contributed by atoms with Crippen molar-refractivity contribution in [1.29, 1.82) is 0 Å². The van der Waals surface area contributed by atoms with Crippen LogP contribution < -0.4 is 5.73 Å². The first-order chi connectivity index (χ1) is 7.76. The Morgan fingerprint density at radius 2 is 2.12 bits per heavy atom. The van der Waals surface area contributed by atoms with E-state index in [1.54, 1.807) is 0 Å². The minimum atomic E-state index is -0.170. The maximum atomic E-state index is 9.00. The topological polar surface area (TPSA) is 51.2 Å². The second-order valence-electron chi connectivity index (χ2n) is 4.10. The normalized spacial score (nSPS) is 13.2. The molecule has 0 aliphatic heterocycles. The third-order valence-electron chi connectivity index (χ3n) is 2.93. The van der Waals surface area contributed by atoms with Gasteiger partial charge in [-0.3, -0.25) is 0 Å². The molecule has 16 heavy (non-hydrogen) atoms. The van der Waals surface area contributed by atoms with E-state index in [1.165, 1.54) is 16.5 Å². The fraction of sp³-hybridized carbons (Fsp3) is 0.385. The molecule has 0 amide bonds. The fourth-order valence-corrected chi connectivity index (χ4v) is 2.09. The Morgan fingerprint density at radius 1 is 1.38 bits per heavy atom. The lowest BCUT2D eigenvalue weighted by molar-refractivity contribution is 0.265. The lowest BCUT2D eigenvalue weighted by Gasteiger charge is -2.06. The predicted molar refractivity (Wildman–Crippen MR) is 66.4 cm³/mol. The van der Waals surface area contributed by atoms with Gasteiger partial charge in [0.1, 0.15) is 0 Å². The number of aromatic nitrogens is 1. The Bertz CT molecular complexity index is 476. The maximum absolute atomic E-state index is 9.00. The molecule has 0 saturated carbocycles. The number of benzene rings is 1. The monoisotopic (exact) mass is 218 g/mol. The van der Waals surface area contributed by atoms with Crippen molar-refractivity contribution < 1.29 is 5.11 Å². The van der Waals surface area contributed by atoms with Crippen molar-refractivity contribution in [2.24, 2.45) is 5.73 Å². The molecule has 1 atom stereocenters. The van der Waals surface area contributed by atoms with Gasteiger partial charge in [-0.25, -0.2) is 0 Å². The Hall–Kier alpha value is -1.32. The SMILES string of the molecule is CCn1cc(C[C@H](N)CO)c2ccccc21. The third-order valence-corrected chi connectivity index (χ3v) is 2.93. The van der Waals surface area contributed by atoms with E-state index < -0.39 is 0 Å². The van der Waals surface area contributed by atoms with Crippen LogP contribution in [0.1, 0.15) is 12.5 Å². The molecule has 1 aromatic carbocycles. The summed E-state index contributed by atoms with van der Waals surface area (Å²) in [7, 11) is 0. The average molecular weight is 218 g/mol. The van der Waals surface area contributed by atoms with Gasteiger partial charge in [0, 0.05) is 29.7 Å². The smallest absolute Gasteiger partial charge is 0.0585 e. The zero-order chi connectivity index (χ0) is 11.5. The summed E-state index contributed by atoms with van der Waals surface area (Å²) in [6, 6.07) is 8.14. The molecule has 2 rings (SSSR count). The second-order valence-corrected chi connectivity index (χ2v) is 4.10. The van der Waals surface area contributed by atoms with Gasteiger partial charge in [0.15, 0.2) is 0 Å². The molecule has 0 saturated heterocycles. The number of nitrogens with two attached hydrogens (primary N) is 1. The number of aliphatic hydroxyl groups excluding tert-OH is 1. The predicted octanol–water partition coefficient (Wildman–Crippen LogP) is 1.52. The van der Waals surface area contributed by atoms with Gasteiger partial charge in [-0.2, -0.15) is 0 Å². The molecule has 0 unspecified atom stereocenters. The summed E-state index contributed by atoms with van der Waals surface area (Å²) in [5, 5.41) is 10.2. The van der Waals surface area contributed by atoms with E-state index >= 15 is 0 Å². The summed E-state index contributed by atoms with van der Waals surface area (Å²) in [6.07, 6.45) is 2.87. The molecule has 0 fully saturated rings. The number of fused-ring (bicyclic) bond motifs is 1. The van der Waals surface area contributed by atoms with E-state index in [9.17, 15) is 0 Å². The largest absolute Gasteiger partial charge is 0.395 e. The average Bonchev–Trinajstić information content (AvgIpc) is 2.68. The number of hydrogen-bond donors (Lipinski definition) is 2. The van der Waals surface area contributed by atoms with Gasteiger partial charge in [-0.15, -0.1) is 0 Å². The van der Waals surface area contributed by atoms with Crippen LogP contribution in [0.3, 0.4) is 0 Å². The summed E-state index contributed by atoms with van der Waals surface area (Å²) in [5.41, 5.74) is 8.25. The lowest BCUT2D eigenvalue weighted by Crippen LogP contribution is -2.26. The van der Waals surface area contributed by atoms with Gasteiger partial charge in [0.05, 0.1) is 6.61 Å². The van der Waals surface area contributed by atoms with Crippen LogP contribution in [0.2, 0.25) is 0 Å². The van der Waals surface area contributed by atoms with Crippen LogP contribution in [0, 0.1) is 0 Å². The van der Waals surface area contributed by atoms with Crippen LogP contribution in [0.25, 0.3) is 10.9 Å². The van der Waals surface area contributed by atoms with Crippen molar-refractivity contribution in [2.75, 3.05) is 6.61 Å². The van der Waals surface area contributed by atoms with Crippen LogP contribution >= 0.6 is 0 Å². The number of nitrogens with zero attached hydrogens (tertiary/aromatic N) is 1. The highest BCUT2D eigenvalue weighted by atomic mass is 16.3. The summed E-state index contributed by atoms with van der Waals surface area (Å²) in [6.45, 7) is 3.11. The van der Waals surface area contributed by atoms with E-state index in [-0.39, 0.29) is 12.6 Å². The number of rotatable bonds is 4. The molecule has 0 aliphatic rings. The Balaban J connectivity index is 2.45. The Labute approximate surface area is 95.5 Å². The van der Waals surface area contributed by atoms with E-state index in [1.807, 2.05) is 12.1 Å².